The molecule has 0 bridgehead atoms. The third kappa shape index (κ3) is 6.91. The fourth-order valence-corrected chi connectivity index (χ4v) is 2.48. The highest BCUT2D eigenvalue weighted by Gasteiger charge is 2.27. The van der Waals surface area contributed by atoms with Crippen LogP contribution in [-0.2, 0) is 4.74 Å². The molecule has 2 rings (SSSR count). The number of nitrogens with zero attached hydrogens (tertiary/aromatic N) is 3. The number of nitrogens with two attached hydrogens (primary N) is 1. The highest BCUT2D eigenvalue weighted by Crippen LogP contribution is 2.24. The number of likely N-dealkylation sites (tertiary alicyclic amines) is 1. The van der Waals surface area contributed by atoms with Crippen LogP contribution in [0.1, 0.15) is 47.5 Å². The van der Waals surface area contributed by atoms with Crippen LogP contribution in [0, 0.1) is 0 Å². The number of nitrogen functional groups attached to an aromatic ring is 1. The Morgan fingerprint density at radius 2 is 1.92 bits per heavy atom. The lowest BCUT2D eigenvalue weighted by molar-refractivity contribution is 0.0210. The lowest BCUT2D eigenvalue weighted by atomic mass is 10.1. The Morgan fingerprint density at radius 3 is 2.44 bits per heavy atom. The summed E-state index contributed by atoms with van der Waals surface area (Å²) in [4.78, 5) is 13.8. The van der Waals surface area contributed by atoms with Crippen LogP contribution in [0.2, 0.25) is 5.15 Å². The van der Waals surface area contributed by atoms with E-state index in [0.29, 0.717) is 24.6 Å². The molecule has 9 heteroatoms. The van der Waals surface area contributed by atoms with Gasteiger partial charge in [-0.1, -0.05) is 25.4 Å². The molecular weight excluding hydrogens is 344 g/mol. The number of hydrogen-bond acceptors (Lipinski definition) is 7. The van der Waals surface area contributed by atoms with Crippen LogP contribution in [0.3, 0.4) is 0 Å². The molecule has 8 nitrogen and oxygen atoms in total. The maximum absolute atomic E-state index is 12.0. The normalized spacial score (nSPS) is 15.1. The van der Waals surface area contributed by atoms with Gasteiger partial charge in [0.15, 0.2) is 11.0 Å². The molecule has 2 heterocycles. The summed E-state index contributed by atoms with van der Waals surface area (Å²) in [5.74, 6) is 5.86. The molecule has 1 saturated heterocycles. The van der Waals surface area contributed by atoms with Gasteiger partial charge in [-0.05, 0) is 33.6 Å². The molecule has 1 aromatic rings. The number of carbonyl (C=O) groups excluding carboxylic acids is 1. The quantitative estimate of drug-likeness (QED) is 0.552. The summed E-state index contributed by atoms with van der Waals surface area (Å²) in [5, 5.41) is 11.2. The summed E-state index contributed by atoms with van der Waals surface area (Å²) in [6.07, 6.45) is 1.32. The zero-order valence-corrected chi connectivity index (χ0v) is 16.4. The average molecular weight is 373 g/mol. The van der Waals surface area contributed by atoms with Crippen LogP contribution >= 0.6 is 11.6 Å². The highest BCUT2D eigenvalue weighted by molar-refractivity contribution is 6.29. The second-order valence-corrected chi connectivity index (χ2v) is 6.85. The van der Waals surface area contributed by atoms with Crippen molar-refractivity contribution in [2.24, 2.45) is 5.84 Å². The van der Waals surface area contributed by atoms with Crippen molar-refractivity contribution in [1.82, 2.24) is 15.1 Å². The Kier molecular flexibility index (Phi) is 8.18. The molecule has 1 fully saturated rings. The third-order valence-electron chi connectivity index (χ3n) is 3.41. The summed E-state index contributed by atoms with van der Waals surface area (Å²) < 4.78 is 5.39. The van der Waals surface area contributed by atoms with Crippen molar-refractivity contribution in [3.05, 3.63) is 11.2 Å². The number of ether oxygens (including phenoxy) is 1. The van der Waals surface area contributed by atoms with E-state index in [0.717, 1.165) is 12.8 Å². The van der Waals surface area contributed by atoms with Crippen LogP contribution in [0.25, 0.3) is 0 Å². The van der Waals surface area contributed by atoms with E-state index in [-0.39, 0.29) is 17.3 Å². The molecule has 0 aliphatic carbocycles. The molecule has 4 N–H and O–H groups in total. The number of halogens is 1. The number of anilines is 2. The zero-order chi connectivity index (χ0) is 19.0. The molecule has 1 amide bonds. The maximum Gasteiger partial charge on any atom is 0.410 e. The Morgan fingerprint density at radius 1 is 1.32 bits per heavy atom. The largest absolute Gasteiger partial charge is 0.444 e. The fourth-order valence-electron chi connectivity index (χ4n) is 2.34. The van der Waals surface area contributed by atoms with E-state index in [1.807, 2.05) is 34.6 Å². The molecule has 0 radical (unpaired) electrons. The van der Waals surface area contributed by atoms with Crippen LogP contribution in [0.5, 0.6) is 0 Å². The lowest BCUT2D eigenvalue weighted by Gasteiger charge is -2.34. The first-order chi connectivity index (χ1) is 11.8. The zero-order valence-electron chi connectivity index (χ0n) is 15.6. The summed E-state index contributed by atoms with van der Waals surface area (Å²) in [6, 6.07) is 1.87. The summed E-state index contributed by atoms with van der Waals surface area (Å²) in [5.41, 5.74) is 2.70. The van der Waals surface area contributed by atoms with Gasteiger partial charge in [0.2, 0.25) is 0 Å². The molecule has 0 saturated carbocycles. The van der Waals surface area contributed by atoms with E-state index in [2.05, 4.69) is 20.9 Å². The van der Waals surface area contributed by atoms with Crippen molar-refractivity contribution in [3.8, 4) is 0 Å². The minimum absolute atomic E-state index is 0.195. The highest BCUT2D eigenvalue weighted by atomic mass is 35.5. The van der Waals surface area contributed by atoms with Gasteiger partial charge < -0.3 is 20.4 Å². The molecule has 142 valence electrons. The molecule has 1 aliphatic heterocycles. The number of hydrazine groups is 1. The molecule has 0 atom stereocenters. The van der Waals surface area contributed by atoms with Crippen molar-refractivity contribution >= 4 is 29.2 Å². The van der Waals surface area contributed by atoms with Crippen LogP contribution in [0.15, 0.2) is 6.07 Å². The van der Waals surface area contributed by atoms with E-state index in [1.54, 1.807) is 11.0 Å². The van der Waals surface area contributed by atoms with Crippen molar-refractivity contribution in [1.29, 1.82) is 0 Å². The van der Waals surface area contributed by atoms with E-state index in [4.69, 9.17) is 22.2 Å². The Hall–Kier alpha value is -1.80. The second kappa shape index (κ2) is 9.62. The van der Waals surface area contributed by atoms with E-state index >= 15 is 0 Å². The van der Waals surface area contributed by atoms with E-state index in [1.165, 1.54) is 0 Å². The third-order valence-corrected chi connectivity index (χ3v) is 3.59. The standard InChI is InChI=1S/C14H23ClN6O2.C2H6/c1-14(2,3)23-13(22)21-6-4-9(5-7-21)17-10-8-11(15)19-20-12(10)18-16;1-2/h8-9H,4-7,16H2,1-3H3,(H,17,19)(H,18,20);1-2H3. The van der Waals surface area contributed by atoms with Crippen LogP contribution in [-0.4, -0.2) is 45.9 Å². The molecule has 0 aromatic carbocycles. The van der Waals surface area contributed by atoms with Gasteiger partial charge in [0.25, 0.3) is 0 Å². The Labute approximate surface area is 154 Å². The molecule has 1 aliphatic rings. The first kappa shape index (κ1) is 21.2. The first-order valence-electron chi connectivity index (χ1n) is 8.53. The van der Waals surface area contributed by atoms with Gasteiger partial charge in [-0.3, -0.25) is 0 Å². The number of carbonyl (C=O) groups is 1. The Bertz CT molecular complexity index is 556. The minimum atomic E-state index is -0.479. The SMILES string of the molecule is CC.CC(C)(C)OC(=O)N1CCC(Nc2cc(Cl)nnc2NN)CC1. The lowest BCUT2D eigenvalue weighted by Crippen LogP contribution is -2.44. The fraction of sp³-hybridized carbons (Fsp3) is 0.688. The predicted octanol–water partition coefficient (Wildman–Crippen LogP) is 3.25. The van der Waals surface area contributed by atoms with Gasteiger partial charge in [-0.25, -0.2) is 10.6 Å². The summed E-state index contributed by atoms with van der Waals surface area (Å²) >= 11 is 5.87. The predicted molar refractivity (Wildman–Crippen MR) is 101 cm³/mol. The monoisotopic (exact) mass is 372 g/mol. The van der Waals surface area contributed by atoms with Gasteiger partial charge in [0.1, 0.15) is 5.60 Å². The molecule has 1 aromatic heterocycles. The van der Waals surface area contributed by atoms with Crippen molar-refractivity contribution in [2.45, 2.75) is 59.1 Å². The van der Waals surface area contributed by atoms with E-state index < -0.39 is 5.60 Å². The van der Waals surface area contributed by atoms with Gasteiger partial charge in [-0.15, -0.1) is 10.2 Å². The molecule has 0 spiro atoms. The van der Waals surface area contributed by atoms with Crippen molar-refractivity contribution in [2.75, 3.05) is 23.8 Å². The molecule has 0 unspecified atom stereocenters. The van der Waals surface area contributed by atoms with Gasteiger partial charge >= 0.3 is 6.09 Å². The van der Waals surface area contributed by atoms with Gasteiger partial charge in [-0.2, -0.15) is 0 Å². The van der Waals surface area contributed by atoms with E-state index in [9.17, 15) is 4.79 Å². The maximum atomic E-state index is 12.0. The van der Waals surface area contributed by atoms with Crippen LogP contribution < -0.4 is 16.6 Å². The smallest absolute Gasteiger partial charge is 0.410 e. The average Bonchev–Trinajstić information content (AvgIpc) is 2.56. The van der Waals surface area contributed by atoms with Crippen LogP contribution in [0.4, 0.5) is 16.3 Å². The summed E-state index contributed by atoms with van der Waals surface area (Å²) in [6.45, 7) is 10.8. The van der Waals surface area contributed by atoms with Gasteiger partial charge in [0.05, 0.1) is 5.69 Å². The van der Waals surface area contributed by atoms with Gasteiger partial charge in [0, 0.05) is 25.2 Å². The minimum Gasteiger partial charge on any atom is -0.444 e. The molecular formula is C16H29ClN6O2. The van der Waals surface area contributed by atoms with Crippen molar-refractivity contribution < 1.29 is 9.53 Å². The number of aromatic nitrogens is 2. The number of amides is 1. The number of piperidine rings is 1. The van der Waals surface area contributed by atoms with Crippen molar-refractivity contribution in [3.63, 3.8) is 0 Å². The molecule has 25 heavy (non-hydrogen) atoms. The number of hydrogen-bond donors (Lipinski definition) is 3. The summed E-state index contributed by atoms with van der Waals surface area (Å²) in [7, 11) is 0. The first-order valence-corrected chi connectivity index (χ1v) is 8.90. The number of rotatable bonds is 3. The topological polar surface area (TPSA) is 105 Å². The Balaban J connectivity index is 0.00000151. The second-order valence-electron chi connectivity index (χ2n) is 6.46. The number of nitrogens with one attached hydrogen (secondary N) is 2.